The van der Waals surface area contributed by atoms with Crippen LogP contribution in [0.25, 0.3) is 16.7 Å². The molecule has 0 aliphatic carbocycles. The third-order valence-electron chi connectivity index (χ3n) is 5.51. The van der Waals surface area contributed by atoms with E-state index in [-0.39, 0.29) is 35.9 Å². The maximum Gasteiger partial charge on any atom is 0.417 e. The van der Waals surface area contributed by atoms with Crippen LogP contribution in [-0.2, 0) is 13.1 Å². The second-order valence-corrected chi connectivity index (χ2v) is 8.05. The molecule has 2 amide bonds. The van der Waals surface area contributed by atoms with Crippen LogP contribution in [-0.4, -0.2) is 31.4 Å². The molecule has 12 heteroatoms. The van der Waals surface area contributed by atoms with E-state index >= 15 is 0 Å². The highest BCUT2D eigenvalue weighted by Crippen LogP contribution is 2.15. The molecule has 0 saturated heterocycles. The summed E-state index contributed by atoms with van der Waals surface area (Å²) in [7, 11) is 0. The number of aryl methyl sites for hydroxylation is 1. The van der Waals surface area contributed by atoms with Gasteiger partial charge in [0.15, 0.2) is 17.0 Å². The molecule has 0 atom stereocenters. The minimum Gasteiger partial charge on any atom is -0.408 e. The Bertz CT molecular complexity index is 1700. The molecule has 0 spiro atoms. The van der Waals surface area contributed by atoms with Crippen LogP contribution in [0.2, 0.25) is 0 Å². The highest BCUT2D eigenvalue weighted by atomic mass is 19.1. The van der Waals surface area contributed by atoms with Gasteiger partial charge in [0.05, 0.1) is 11.7 Å². The van der Waals surface area contributed by atoms with E-state index < -0.39 is 23.4 Å². The number of hydrogen-bond donors (Lipinski definition) is 3. The lowest BCUT2D eigenvalue weighted by molar-refractivity contribution is 0.0942. The topological polar surface area (TPSA) is 134 Å². The Balaban J connectivity index is 1.36. The third-order valence-corrected chi connectivity index (χ3v) is 5.51. The van der Waals surface area contributed by atoms with E-state index in [2.05, 4.69) is 25.7 Å². The molecule has 3 N–H and O–H groups in total. The van der Waals surface area contributed by atoms with Crippen molar-refractivity contribution in [3.63, 3.8) is 0 Å². The van der Waals surface area contributed by atoms with Crippen LogP contribution in [0.15, 0.2) is 57.9 Å². The van der Waals surface area contributed by atoms with Gasteiger partial charge in [-0.3, -0.25) is 14.6 Å². The number of halogens is 2. The zero-order valence-corrected chi connectivity index (χ0v) is 18.8. The molecule has 0 fully saturated rings. The Morgan fingerprint density at radius 2 is 1.72 bits per heavy atom. The normalized spacial score (nSPS) is 11.2. The lowest BCUT2D eigenvalue weighted by atomic mass is 10.1. The van der Waals surface area contributed by atoms with E-state index in [0.717, 1.165) is 10.7 Å². The highest BCUT2D eigenvalue weighted by molar-refractivity contribution is 5.98. The molecule has 36 heavy (non-hydrogen) atoms. The molecule has 182 valence electrons. The summed E-state index contributed by atoms with van der Waals surface area (Å²) in [6, 6.07) is 10.5. The molecule has 3 aromatic heterocycles. The van der Waals surface area contributed by atoms with Crippen molar-refractivity contribution >= 4 is 28.6 Å². The van der Waals surface area contributed by atoms with E-state index in [1.165, 1.54) is 18.2 Å². The quantitative estimate of drug-likeness (QED) is 0.334. The van der Waals surface area contributed by atoms with Crippen LogP contribution in [0.3, 0.4) is 0 Å². The number of rotatable bonds is 6. The highest BCUT2D eigenvalue weighted by Gasteiger charge is 2.20. The van der Waals surface area contributed by atoms with Gasteiger partial charge in [-0.2, -0.15) is 5.10 Å². The van der Waals surface area contributed by atoms with E-state index in [1.807, 2.05) is 0 Å². The molecule has 0 bridgehead atoms. The van der Waals surface area contributed by atoms with Crippen molar-refractivity contribution < 1.29 is 22.8 Å². The molecule has 0 aliphatic rings. The largest absolute Gasteiger partial charge is 0.417 e. The number of H-pyrrole nitrogens is 1. The summed E-state index contributed by atoms with van der Waals surface area (Å²) >= 11 is 0. The van der Waals surface area contributed by atoms with Gasteiger partial charge in [0.25, 0.3) is 11.8 Å². The number of nitrogens with one attached hydrogen (secondary N) is 3. The first-order chi connectivity index (χ1) is 17.3. The van der Waals surface area contributed by atoms with E-state index in [9.17, 15) is 23.2 Å². The van der Waals surface area contributed by atoms with Gasteiger partial charge < -0.3 is 15.1 Å². The number of oxazole rings is 1. The van der Waals surface area contributed by atoms with Crippen molar-refractivity contribution in [2.24, 2.45) is 0 Å². The minimum absolute atomic E-state index is 0.0715. The summed E-state index contributed by atoms with van der Waals surface area (Å²) < 4.78 is 33.7. The lowest BCUT2D eigenvalue weighted by Crippen LogP contribution is -2.28. The van der Waals surface area contributed by atoms with Gasteiger partial charge in [0.2, 0.25) is 0 Å². The molecule has 0 aliphatic heterocycles. The minimum atomic E-state index is -0.803. The molecule has 0 unspecified atom stereocenters. The molecule has 2 aromatic carbocycles. The van der Waals surface area contributed by atoms with Gasteiger partial charge >= 0.3 is 5.76 Å². The van der Waals surface area contributed by atoms with Gasteiger partial charge in [-0.1, -0.05) is 18.2 Å². The van der Waals surface area contributed by atoms with Crippen LogP contribution in [0.1, 0.15) is 37.7 Å². The summed E-state index contributed by atoms with van der Waals surface area (Å²) in [5.41, 5.74) is 2.02. The van der Waals surface area contributed by atoms with Crippen molar-refractivity contribution in [2.75, 3.05) is 0 Å². The second kappa shape index (κ2) is 9.06. The van der Waals surface area contributed by atoms with Crippen molar-refractivity contribution in [2.45, 2.75) is 20.0 Å². The zero-order valence-electron chi connectivity index (χ0n) is 18.8. The SMILES string of the molecule is Cc1cc(CNC(=O)c2cc(C(=O)NCc3ccc4oc(=O)[nH]c4c3)nc3c(F)cnn23)ccc1F. The number of aromatic amines is 1. The van der Waals surface area contributed by atoms with Crippen LogP contribution in [0.5, 0.6) is 0 Å². The maximum absolute atomic E-state index is 14.3. The Labute approximate surface area is 201 Å². The molecular weight excluding hydrogens is 474 g/mol. The molecule has 10 nitrogen and oxygen atoms in total. The smallest absolute Gasteiger partial charge is 0.408 e. The number of aromatic nitrogens is 4. The number of carbonyl (C=O) groups is 2. The first kappa shape index (κ1) is 22.9. The standard InChI is InChI=1S/C24H18F2N6O4/c1-12-6-13(2-4-15(12)25)9-28-23(34)19-8-18(30-21-16(26)11-29-32(19)21)22(33)27-10-14-3-5-20-17(7-14)31-24(35)36-20/h2-8,11H,9-10H2,1H3,(H,27,33)(H,28,34)(H,31,35). The zero-order chi connectivity index (χ0) is 25.4. The Kier molecular flexibility index (Phi) is 5.76. The van der Waals surface area contributed by atoms with Gasteiger partial charge in [-0.05, 0) is 41.8 Å². The number of nitrogens with zero attached hydrogens (tertiary/aromatic N) is 3. The number of carbonyl (C=O) groups excluding carboxylic acids is 2. The summed E-state index contributed by atoms with van der Waals surface area (Å²) in [4.78, 5) is 43.6. The second-order valence-electron chi connectivity index (χ2n) is 8.05. The van der Waals surface area contributed by atoms with E-state index in [1.54, 1.807) is 31.2 Å². The molecule has 5 rings (SSSR count). The van der Waals surface area contributed by atoms with Crippen LogP contribution < -0.4 is 16.4 Å². The molecule has 0 radical (unpaired) electrons. The first-order valence-electron chi connectivity index (χ1n) is 10.8. The Morgan fingerprint density at radius 3 is 2.50 bits per heavy atom. The lowest BCUT2D eigenvalue weighted by Gasteiger charge is -2.10. The number of fused-ring (bicyclic) bond motifs is 2. The fourth-order valence-corrected chi connectivity index (χ4v) is 3.69. The van der Waals surface area contributed by atoms with Gasteiger partial charge in [-0.15, -0.1) is 0 Å². The predicted octanol–water partition coefficient (Wildman–Crippen LogP) is 2.61. The van der Waals surface area contributed by atoms with E-state index in [0.29, 0.717) is 27.8 Å². The van der Waals surface area contributed by atoms with Crippen LogP contribution in [0.4, 0.5) is 8.78 Å². The average Bonchev–Trinajstić information content (AvgIpc) is 3.43. The van der Waals surface area contributed by atoms with Crippen molar-refractivity contribution in [1.29, 1.82) is 0 Å². The average molecular weight is 492 g/mol. The van der Waals surface area contributed by atoms with E-state index in [4.69, 9.17) is 4.42 Å². The first-order valence-corrected chi connectivity index (χ1v) is 10.8. The number of amides is 2. The summed E-state index contributed by atoms with van der Waals surface area (Å²) in [5.74, 6) is -3.03. The number of hydrogen-bond acceptors (Lipinski definition) is 6. The molecule has 0 saturated carbocycles. The molecule has 5 aromatic rings. The van der Waals surface area contributed by atoms with Gasteiger partial charge in [-0.25, -0.2) is 23.1 Å². The van der Waals surface area contributed by atoms with Crippen LogP contribution in [0, 0.1) is 18.6 Å². The van der Waals surface area contributed by atoms with Crippen molar-refractivity contribution in [1.82, 2.24) is 30.2 Å². The Morgan fingerprint density at radius 1 is 1.00 bits per heavy atom. The van der Waals surface area contributed by atoms with Gasteiger partial charge in [0.1, 0.15) is 17.2 Å². The summed E-state index contributed by atoms with van der Waals surface area (Å²) in [5, 5.41) is 9.16. The Hall–Kier alpha value is -4.87. The van der Waals surface area contributed by atoms with Gasteiger partial charge in [0, 0.05) is 19.2 Å². The molecule has 3 heterocycles. The predicted molar refractivity (Wildman–Crippen MR) is 123 cm³/mol. The summed E-state index contributed by atoms with van der Waals surface area (Å²) in [6.45, 7) is 1.76. The maximum atomic E-state index is 14.3. The van der Waals surface area contributed by atoms with Crippen molar-refractivity contribution in [3.05, 3.63) is 98.9 Å². The monoisotopic (exact) mass is 492 g/mol. The summed E-state index contributed by atoms with van der Waals surface area (Å²) in [6.07, 6.45) is 0.894. The fourth-order valence-electron chi connectivity index (χ4n) is 3.69. The molecular formula is C24H18F2N6O4. The van der Waals surface area contributed by atoms with Crippen LogP contribution >= 0.6 is 0 Å². The number of benzene rings is 2. The third kappa shape index (κ3) is 4.43. The fraction of sp³-hybridized carbons (Fsp3) is 0.125. The van der Waals surface area contributed by atoms with Crippen molar-refractivity contribution in [3.8, 4) is 0 Å².